The number of piperazine rings is 1. The van der Waals surface area contributed by atoms with Crippen LogP contribution in [0.2, 0.25) is 0 Å². The number of nitro groups is 1. The van der Waals surface area contributed by atoms with E-state index in [1.54, 1.807) is 32.4 Å². The Balaban J connectivity index is 1.30. The lowest BCUT2D eigenvalue weighted by Gasteiger charge is -2.38. The molecule has 246 valence electrons. The molecule has 2 heterocycles. The number of nitrogens with one attached hydrogen (secondary N) is 1. The number of carbonyl (C=O) groups excluding carboxylic acids is 2. The van der Waals surface area contributed by atoms with Gasteiger partial charge in [0.25, 0.3) is 5.69 Å². The second-order valence-corrected chi connectivity index (χ2v) is 11.0. The summed E-state index contributed by atoms with van der Waals surface area (Å²) < 4.78 is 31.2. The fourth-order valence-corrected chi connectivity index (χ4v) is 5.69. The summed E-state index contributed by atoms with van der Waals surface area (Å²) in [5, 5.41) is 15.0. The van der Waals surface area contributed by atoms with E-state index in [4.69, 9.17) is 14.2 Å². The van der Waals surface area contributed by atoms with Crippen LogP contribution >= 0.6 is 0 Å². The summed E-state index contributed by atoms with van der Waals surface area (Å²) in [6.45, 7) is 2.51. The second kappa shape index (κ2) is 13.8. The molecule has 0 atom stereocenters. The predicted octanol–water partition coefficient (Wildman–Crippen LogP) is 4.87. The molecule has 0 radical (unpaired) electrons. The van der Waals surface area contributed by atoms with Crippen molar-refractivity contribution >= 4 is 56.6 Å². The maximum absolute atomic E-state index is 14.8. The number of non-ortho nitro benzene ring substituents is 1. The summed E-state index contributed by atoms with van der Waals surface area (Å²) in [6, 6.07) is 12.7. The number of nitro benzene ring substituents is 1. The largest absolute Gasteiger partial charge is 0.493 e. The Morgan fingerprint density at radius 1 is 0.917 bits per heavy atom. The Hall–Kier alpha value is -5.89. The van der Waals surface area contributed by atoms with Gasteiger partial charge in [0.15, 0.2) is 28.9 Å². The zero-order chi connectivity index (χ0) is 33.8. The molecule has 0 unspecified atom stereocenters. The maximum atomic E-state index is 14.8. The number of nitrogens with zero attached hydrogens (tertiary/aromatic N) is 5. The number of halogens is 1. The number of carbonyl (C=O) groups is 2. The third-order valence-electron chi connectivity index (χ3n) is 8.07. The molecule has 1 fully saturated rings. The van der Waals surface area contributed by atoms with E-state index in [0.717, 1.165) is 11.8 Å². The van der Waals surface area contributed by atoms with E-state index in [2.05, 4.69) is 20.2 Å². The van der Waals surface area contributed by atoms with Crippen molar-refractivity contribution in [3.63, 3.8) is 0 Å². The smallest absolute Gasteiger partial charge is 0.272 e. The first-order valence-corrected chi connectivity index (χ1v) is 15.0. The van der Waals surface area contributed by atoms with Crippen molar-refractivity contribution in [3.8, 4) is 11.5 Å². The van der Waals surface area contributed by atoms with Crippen molar-refractivity contribution in [2.24, 2.45) is 0 Å². The molecule has 3 aromatic carbocycles. The van der Waals surface area contributed by atoms with Crippen LogP contribution in [0.5, 0.6) is 11.5 Å². The summed E-state index contributed by atoms with van der Waals surface area (Å²) in [5.41, 5.74) is 2.70. The zero-order valence-corrected chi connectivity index (χ0v) is 26.1. The van der Waals surface area contributed by atoms with Crippen LogP contribution in [0.4, 0.5) is 33.0 Å². The number of allylic oxidation sites excluding steroid dienone is 4. The van der Waals surface area contributed by atoms with E-state index < -0.39 is 10.7 Å². The van der Waals surface area contributed by atoms with Crippen LogP contribution in [-0.2, 0) is 14.3 Å². The Labute approximate surface area is 274 Å². The summed E-state index contributed by atoms with van der Waals surface area (Å²) in [5.74, 6) is 0.210. The molecule has 1 aromatic heterocycles. The van der Waals surface area contributed by atoms with E-state index in [9.17, 15) is 24.1 Å². The second-order valence-electron chi connectivity index (χ2n) is 11.0. The number of ketones is 2. The van der Waals surface area contributed by atoms with Crippen LogP contribution in [0.25, 0.3) is 16.5 Å². The van der Waals surface area contributed by atoms with Gasteiger partial charge in [-0.25, -0.2) is 14.4 Å². The van der Waals surface area contributed by atoms with Gasteiger partial charge in [-0.1, -0.05) is 0 Å². The zero-order valence-electron chi connectivity index (χ0n) is 26.1. The fourth-order valence-electron chi connectivity index (χ4n) is 5.69. The lowest BCUT2D eigenvalue weighted by molar-refractivity contribution is -0.385. The third kappa shape index (κ3) is 6.64. The van der Waals surface area contributed by atoms with Crippen molar-refractivity contribution in [2.75, 3.05) is 68.7 Å². The van der Waals surface area contributed by atoms with Gasteiger partial charge in [0.2, 0.25) is 0 Å². The highest BCUT2D eigenvalue weighted by Crippen LogP contribution is 2.37. The van der Waals surface area contributed by atoms with Crippen LogP contribution in [-0.4, -0.2) is 80.1 Å². The van der Waals surface area contributed by atoms with Gasteiger partial charge >= 0.3 is 0 Å². The van der Waals surface area contributed by atoms with E-state index in [-0.39, 0.29) is 28.5 Å². The standard InChI is InChI=1S/C34H31FN6O7/c1-46-13-14-48-33-19-28-26(18-32(33)47-2)34(37-20-36-28)38-21-3-6-29(24(15-21)25-17-23(42)5-8-31(25)43)39-9-11-40(12-10-39)30-7-4-22(41(44)45)16-27(30)35/h3-8,15-20H,9-14H2,1-2H3,(H,36,37,38). The fraction of sp³-hybridized carbons (Fsp3) is 0.235. The highest BCUT2D eigenvalue weighted by molar-refractivity contribution is 6.34. The van der Waals surface area contributed by atoms with Gasteiger partial charge in [0, 0.05) is 73.3 Å². The minimum atomic E-state index is -0.665. The molecule has 48 heavy (non-hydrogen) atoms. The first-order valence-electron chi connectivity index (χ1n) is 15.0. The van der Waals surface area contributed by atoms with E-state index in [0.29, 0.717) is 78.9 Å². The number of ether oxygens (including phenoxy) is 3. The number of anilines is 4. The molecule has 0 spiro atoms. The van der Waals surface area contributed by atoms with Gasteiger partial charge < -0.3 is 29.3 Å². The topological polar surface area (TPSA) is 149 Å². The molecule has 2 aliphatic rings. The molecule has 1 aliphatic heterocycles. The van der Waals surface area contributed by atoms with Crippen molar-refractivity contribution in [1.29, 1.82) is 0 Å². The normalized spacial score (nSPS) is 14.7. The van der Waals surface area contributed by atoms with Crippen LogP contribution < -0.4 is 24.6 Å². The number of benzene rings is 3. The number of hydrogen-bond acceptors (Lipinski definition) is 12. The van der Waals surface area contributed by atoms with Gasteiger partial charge in [-0.15, -0.1) is 0 Å². The van der Waals surface area contributed by atoms with Crippen LogP contribution in [0.15, 0.2) is 73.1 Å². The summed E-state index contributed by atoms with van der Waals surface area (Å²) in [6.07, 6.45) is 5.24. The lowest BCUT2D eigenvalue weighted by atomic mass is 9.93. The molecule has 13 nitrogen and oxygen atoms in total. The van der Waals surface area contributed by atoms with Crippen molar-refractivity contribution in [3.05, 3.63) is 94.6 Å². The molecule has 14 heteroatoms. The average molecular weight is 655 g/mol. The van der Waals surface area contributed by atoms with E-state index >= 15 is 0 Å². The quantitative estimate of drug-likeness (QED) is 0.102. The number of fused-ring (bicyclic) bond motifs is 1. The Morgan fingerprint density at radius 2 is 1.67 bits per heavy atom. The van der Waals surface area contributed by atoms with E-state index in [1.807, 2.05) is 17.0 Å². The van der Waals surface area contributed by atoms with E-state index in [1.165, 1.54) is 36.7 Å². The average Bonchev–Trinajstić information content (AvgIpc) is 3.09. The number of rotatable bonds is 11. The van der Waals surface area contributed by atoms with Gasteiger partial charge in [-0.3, -0.25) is 19.7 Å². The first kappa shape index (κ1) is 32.1. The monoisotopic (exact) mass is 654 g/mol. The highest BCUT2D eigenvalue weighted by atomic mass is 19.1. The highest BCUT2D eigenvalue weighted by Gasteiger charge is 2.26. The first-order chi connectivity index (χ1) is 23.2. The number of methoxy groups -OCH3 is 2. The van der Waals surface area contributed by atoms with Crippen LogP contribution in [0, 0.1) is 15.9 Å². The van der Waals surface area contributed by atoms with Crippen molar-refractivity contribution in [1.82, 2.24) is 9.97 Å². The van der Waals surface area contributed by atoms with Gasteiger partial charge in [0.1, 0.15) is 18.8 Å². The lowest BCUT2D eigenvalue weighted by Crippen LogP contribution is -2.47. The maximum Gasteiger partial charge on any atom is 0.272 e. The number of aromatic nitrogens is 2. The Kier molecular flexibility index (Phi) is 9.25. The van der Waals surface area contributed by atoms with Crippen LogP contribution in [0.1, 0.15) is 5.56 Å². The molecule has 0 amide bonds. The van der Waals surface area contributed by atoms with Gasteiger partial charge in [0.05, 0.1) is 35.9 Å². The molecule has 6 rings (SSSR count). The van der Waals surface area contributed by atoms with Gasteiger partial charge in [-0.05, 0) is 48.6 Å². The minimum absolute atomic E-state index is 0.247. The molecule has 1 saturated heterocycles. The van der Waals surface area contributed by atoms with Gasteiger partial charge in [-0.2, -0.15) is 0 Å². The molecule has 0 bridgehead atoms. The molecule has 1 N–H and O–H groups in total. The Morgan fingerprint density at radius 3 is 2.38 bits per heavy atom. The summed E-state index contributed by atoms with van der Waals surface area (Å²) in [4.78, 5) is 48.6. The molecule has 0 saturated carbocycles. The summed E-state index contributed by atoms with van der Waals surface area (Å²) in [7, 11) is 3.13. The van der Waals surface area contributed by atoms with Crippen molar-refractivity contribution < 1.29 is 33.1 Å². The molecule has 4 aromatic rings. The third-order valence-corrected chi connectivity index (χ3v) is 8.07. The minimum Gasteiger partial charge on any atom is -0.493 e. The Bertz CT molecular complexity index is 1970. The van der Waals surface area contributed by atoms with Crippen molar-refractivity contribution in [2.45, 2.75) is 0 Å². The SMILES string of the molecule is COCCOc1cc2ncnc(Nc3ccc(N4CCN(c5ccc([N+](=O)[O-])cc5F)CC4)c(C4=CC(=O)C=CC4=O)c3)c2cc1OC. The molecule has 1 aliphatic carbocycles. The molecular formula is C34H31FN6O7. The predicted molar refractivity (Wildman–Crippen MR) is 178 cm³/mol. The number of hydrogen-bond donors (Lipinski definition) is 1. The summed E-state index contributed by atoms with van der Waals surface area (Å²) >= 11 is 0. The van der Waals surface area contributed by atoms with Crippen LogP contribution in [0.3, 0.4) is 0 Å². The molecular weight excluding hydrogens is 623 g/mol.